The summed E-state index contributed by atoms with van der Waals surface area (Å²) in [5.74, 6) is 0. The van der Waals surface area contributed by atoms with Crippen molar-refractivity contribution in [3.8, 4) is 0 Å². The quantitative estimate of drug-likeness (QED) is 0.374. The summed E-state index contributed by atoms with van der Waals surface area (Å²) in [4.78, 5) is 0. The van der Waals surface area contributed by atoms with Crippen LogP contribution in [0.25, 0.3) is 0 Å². The van der Waals surface area contributed by atoms with Crippen LogP contribution in [-0.4, -0.2) is 47.3 Å². The molecule has 0 atom stereocenters. The van der Waals surface area contributed by atoms with Crippen molar-refractivity contribution in [2.45, 2.75) is 19.9 Å². The molecule has 0 N–H and O–H groups in total. The highest BCUT2D eigenvalue weighted by Gasteiger charge is 1.74. The molecule has 0 fully saturated rings. The summed E-state index contributed by atoms with van der Waals surface area (Å²) in [5.41, 5.74) is 0. The Morgan fingerprint density at radius 3 is 2.09 bits per heavy atom. The lowest BCUT2D eigenvalue weighted by molar-refractivity contribution is 0.349. The fraction of sp³-hybridized carbons (Fsp3) is 1.00. The zero-order chi connectivity index (χ0) is 8.95. The SMILES string of the molecule is CCCO[SiH3].C[SiH2]O[SiH2]O[SiH3]. The predicted octanol–water partition coefficient (Wildman–Crippen LogP) is -2.88. The van der Waals surface area contributed by atoms with Crippen LogP contribution in [0.15, 0.2) is 0 Å². The van der Waals surface area contributed by atoms with E-state index in [1.807, 2.05) is 0 Å². The van der Waals surface area contributed by atoms with E-state index >= 15 is 0 Å². The van der Waals surface area contributed by atoms with E-state index in [1.165, 1.54) is 0 Å². The Labute approximate surface area is 80.3 Å². The van der Waals surface area contributed by atoms with Gasteiger partial charge in [-0.3, -0.25) is 0 Å². The van der Waals surface area contributed by atoms with Gasteiger partial charge in [0.1, 0.15) is 30.7 Å². The minimum atomic E-state index is -0.455. The van der Waals surface area contributed by atoms with Gasteiger partial charge in [-0.15, -0.1) is 0 Å². The second kappa shape index (κ2) is 17.0. The van der Waals surface area contributed by atoms with Crippen molar-refractivity contribution >= 4 is 40.7 Å². The van der Waals surface area contributed by atoms with E-state index in [0.717, 1.165) is 34.0 Å². The summed E-state index contributed by atoms with van der Waals surface area (Å²) < 4.78 is 14.8. The minimum Gasteiger partial charge on any atom is -0.449 e. The standard InChI is InChI=1S/C3H10OSi.CH10O2Si3/c1-2-3-4-5;1-5-3-6-2-4/h2-3H2,1,5H3;5-6H2,1,4H3. The molecule has 0 radical (unpaired) electrons. The lowest BCUT2D eigenvalue weighted by Crippen LogP contribution is -2.02. The fourth-order valence-electron chi connectivity index (χ4n) is 0.371. The third kappa shape index (κ3) is 24.9. The van der Waals surface area contributed by atoms with E-state index < -0.39 is 10.0 Å². The van der Waals surface area contributed by atoms with Crippen LogP contribution >= 0.6 is 0 Å². The van der Waals surface area contributed by atoms with Crippen molar-refractivity contribution < 1.29 is 12.7 Å². The second-order valence-corrected chi connectivity index (χ2v) is 7.22. The molecular weight excluding hydrogens is 208 g/mol. The lowest BCUT2D eigenvalue weighted by Gasteiger charge is -1.93. The molecule has 0 aromatic heterocycles. The average molecular weight is 229 g/mol. The van der Waals surface area contributed by atoms with Gasteiger partial charge in [0, 0.05) is 6.61 Å². The Morgan fingerprint density at radius 2 is 2.00 bits per heavy atom. The highest BCUT2D eigenvalue weighted by molar-refractivity contribution is 6.40. The van der Waals surface area contributed by atoms with Gasteiger partial charge in [-0.05, 0) is 6.42 Å². The maximum absolute atomic E-state index is 5.07. The highest BCUT2D eigenvalue weighted by atomic mass is 28.3. The van der Waals surface area contributed by atoms with Gasteiger partial charge in [0.25, 0.3) is 10.0 Å². The smallest absolute Gasteiger partial charge is 0.282 e. The van der Waals surface area contributed by atoms with Gasteiger partial charge >= 0.3 is 0 Å². The summed E-state index contributed by atoms with van der Waals surface area (Å²) in [7, 11) is 1.17. The molecule has 0 aromatic carbocycles. The van der Waals surface area contributed by atoms with Crippen LogP contribution in [0.3, 0.4) is 0 Å². The van der Waals surface area contributed by atoms with Crippen LogP contribution in [0.4, 0.5) is 0 Å². The van der Waals surface area contributed by atoms with Crippen molar-refractivity contribution in [2.75, 3.05) is 6.61 Å². The molecule has 0 aliphatic rings. The Morgan fingerprint density at radius 1 is 1.36 bits per heavy atom. The van der Waals surface area contributed by atoms with Gasteiger partial charge < -0.3 is 12.7 Å². The molecule has 7 heteroatoms. The van der Waals surface area contributed by atoms with E-state index in [1.54, 1.807) is 0 Å². The number of hydrogen-bond donors (Lipinski definition) is 0. The third-order valence-electron chi connectivity index (χ3n) is 0.814. The fourth-order valence-corrected chi connectivity index (χ4v) is 3.61. The maximum Gasteiger partial charge on any atom is 0.282 e. The van der Waals surface area contributed by atoms with Crippen LogP contribution < -0.4 is 0 Å². The molecule has 70 valence electrons. The first-order chi connectivity index (χ1) is 5.33. The second-order valence-electron chi connectivity index (χ2n) is 1.89. The van der Waals surface area contributed by atoms with E-state index in [4.69, 9.17) is 12.7 Å². The van der Waals surface area contributed by atoms with Crippen LogP contribution in [0.2, 0.25) is 6.55 Å². The number of rotatable bonds is 5. The first-order valence-corrected chi connectivity index (χ1v) is 8.66. The van der Waals surface area contributed by atoms with Crippen LogP contribution in [-0.2, 0) is 12.7 Å². The molecular formula is C4H20O3Si4. The van der Waals surface area contributed by atoms with E-state index in [9.17, 15) is 0 Å². The van der Waals surface area contributed by atoms with E-state index in [0.29, 0.717) is 0 Å². The van der Waals surface area contributed by atoms with Gasteiger partial charge in [0.05, 0.1) is 0 Å². The van der Waals surface area contributed by atoms with E-state index in [2.05, 4.69) is 13.5 Å². The molecule has 0 spiro atoms. The van der Waals surface area contributed by atoms with Crippen LogP contribution in [0, 0.1) is 0 Å². The molecule has 0 unspecified atom stereocenters. The molecule has 0 aromatic rings. The van der Waals surface area contributed by atoms with Crippen LogP contribution in [0.5, 0.6) is 0 Å². The van der Waals surface area contributed by atoms with Gasteiger partial charge in [0.2, 0.25) is 0 Å². The summed E-state index contributed by atoms with van der Waals surface area (Å²) in [6.45, 7) is 5.18. The zero-order valence-corrected chi connectivity index (χ0v) is 14.9. The highest BCUT2D eigenvalue weighted by Crippen LogP contribution is 1.69. The Bertz CT molecular complexity index is 50.6. The summed E-state index contributed by atoms with van der Waals surface area (Å²) >= 11 is 0. The van der Waals surface area contributed by atoms with Gasteiger partial charge in [0.15, 0.2) is 0 Å². The molecule has 0 amide bonds. The van der Waals surface area contributed by atoms with Crippen molar-refractivity contribution in [2.24, 2.45) is 0 Å². The Kier molecular flexibility index (Phi) is 22.1. The third-order valence-corrected chi connectivity index (χ3v) is 4.46. The number of hydrogen-bond acceptors (Lipinski definition) is 3. The topological polar surface area (TPSA) is 27.7 Å². The monoisotopic (exact) mass is 228 g/mol. The summed E-state index contributed by atoms with van der Waals surface area (Å²) in [6, 6.07) is 0. The molecule has 11 heavy (non-hydrogen) atoms. The minimum absolute atomic E-state index is 0.138. The van der Waals surface area contributed by atoms with E-state index in [-0.39, 0.29) is 9.76 Å². The van der Waals surface area contributed by atoms with Gasteiger partial charge in [-0.25, -0.2) is 0 Å². The molecule has 0 aliphatic heterocycles. The van der Waals surface area contributed by atoms with Crippen molar-refractivity contribution in [3.05, 3.63) is 0 Å². The van der Waals surface area contributed by atoms with Crippen molar-refractivity contribution in [1.82, 2.24) is 0 Å². The molecule has 0 aliphatic carbocycles. The zero-order valence-electron chi connectivity index (χ0n) is 8.05. The molecule has 0 heterocycles. The van der Waals surface area contributed by atoms with Crippen molar-refractivity contribution in [3.63, 3.8) is 0 Å². The molecule has 3 nitrogen and oxygen atoms in total. The predicted molar refractivity (Wildman–Crippen MR) is 61.2 cm³/mol. The summed E-state index contributed by atoms with van der Waals surface area (Å²) in [5, 5.41) is 0. The maximum atomic E-state index is 5.07. The lowest BCUT2D eigenvalue weighted by atomic mass is 10.5. The van der Waals surface area contributed by atoms with Gasteiger partial charge in [-0.2, -0.15) is 0 Å². The van der Waals surface area contributed by atoms with Crippen molar-refractivity contribution in [1.29, 1.82) is 0 Å². The molecule has 0 bridgehead atoms. The average Bonchev–Trinajstić information content (AvgIpc) is 2.04. The Hall–Kier alpha value is 0.748. The Balaban J connectivity index is 0. The van der Waals surface area contributed by atoms with Crippen LogP contribution in [0.1, 0.15) is 13.3 Å². The molecule has 0 saturated carbocycles. The summed E-state index contributed by atoms with van der Waals surface area (Å²) in [6.07, 6.45) is 1.16. The largest absolute Gasteiger partial charge is 0.449 e. The molecule has 0 saturated heterocycles. The molecule has 0 rings (SSSR count). The normalized spacial score (nSPS) is 11.5. The van der Waals surface area contributed by atoms with Gasteiger partial charge in [-0.1, -0.05) is 13.5 Å². The first-order valence-electron chi connectivity index (χ1n) is 3.89. The first kappa shape index (κ1) is 14.3.